The predicted octanol–water partition coefficient (Wildman–Crippen LogP) is 2.33. The SMILES string of the molecule is COC(=O)C1CCN(C(=O)c2cc([N+](=O)[O-])c(Cl)s2)CC1. The number of hydrogen-bond donors (Lipinski definition) is 0. The fourth-order valence-electron chi connectivity index (χ4n) is 2.23. The number of ether oxygens (including phenoxy) is 1. The van der Waals surface area contributed by atoms with Crippen LogP contribution in [0, 0.1) is 16.0 Å². The number of methoxy groups -OCH3 is 1. The van der Waals surface area contributed by atoms with Crippen molar-refractivity contribution in [2.75, 3.05) is 20.2 Å². The van der Waals surface area contributed by atoms with E-state index in [4.69, 9.17) is 11.6 Å². The molecule has 114 valence electrons. The first kappa shape index (κ1) is 15.7. The molecule has 1 saturated heterocycles. The van der Waals surface area contributed by atoms with Crippen LogP contribution in [-0.2, 0) is 9.53 Å². The van der Waals surface area contributed by atoms with Gasteiger partial charge in [-0.05, 0) is 12.8 Å². The highest BCUT2D eigenvalue weighted by Gasteiger charge is 2.30. The molecule has 0 unspecified atom stereocenters. The first-order valence-electron chi connectivity index (χ1n) is 6.25. The second kappa shape index (κ2) is 6.40. The summed E-state index contributed by atoms with van der Waals surface area (Å²) < 4.78 is 4.68. The first-order chi connectivity index (χ1) is 9.93. The molecule has 1 fully saturated rings. The van der Waals surface area contributed by atoms with Gasteiger partial charge in [0.2, 0.25) is 0 Å². The molecule has 0 radical (unpaired) electrons. The number of nitrogens with zero attached hydrogens (tertiary/aromatic N) is 2. The summed E-state index contributed by atoms with van der Waals surface area (Å²) in [5, 5.41) is 10.7. The number of amides is 1. The van der Waals surface area contributed by atoms with Gasteiger partial charge in [0.25, 0.3) is 11.6 Å². The monoisotopic (exact) mass is 332 g/mol. The number of piperidine rings is 1. The van der Waals surface area contributed by atoms with Gasteiger partial charge in [-0.25, -0.2) is 0 Å². The third kappa shape index (κ3) is 3.33. The van der Waals surface area contributed by atoms with E-state index in [2.05, 4.69) is 4.74 Å². The molecule has 0 bridgehead atoms. The third-order valence-corrected chi connectivity index (χ3v) is 4.72. The predicted molar refractivity (Wildman–Crippen MR) is 76.6 cm³/mol. The molecule has 0 aromatic carbocycles. The van der Waals surface area contributed by atoms with Gasteiger partial charge < -0.3 is 9.64 Å². The molecule has 0 spiro atoms. The van der Waals surface area contributed by atoms with E-state index in [1.807, 2.05) is 0 Å². The third-order valence-electron chi connectivity index (χ3n) is 3.39. The molecule has 0 saturated carbocycles. The molecule has 7 nitrogen and oxygen atoms in total. The molecule has 1 amide bonds. The van der Waals surface area contributed by atoms with Crippen molar-refractivity contribution in [3.05, 3.63) is 25.4 Å². The topological polar surface area (TPSA) is 89.8 Å². The molecule has 1 aromatic heterocycles. The minimum Gasteiger partial charge on any atom is -0.469 e. The highest BCUT2D eigenvalue weighted by molar-refractivity contribution is 7.18. The van der Waals surface area contributed by atoms with Crippen molar-refractivity contribution < 1.29 is 19.2 Å². The summed E-state index contributed by atoms with van der Waals surface area (Å²) in [5.41, 5.74) is -0.255. The summed E-state index contributed by atoms with van der Waals surface area (Å²) in [6.45, 7) is 0.837. The van der Waals surface area contributed by atoms with E-state index in [0.29, 0.717) is 25.9 Å². The Labute approximate surface area is 129 Å². The molecule has 1 aliphatic heterocycles. The summed E-state index contributed by atoms with van der Waals surface area (Å²) in [5.74, 6) is -0.754. The summed E-state index contributed by atoms with van der Waals surface area (Å²) in [6, 6.07) is 1.20. The van der Waals surface area contributed by atoms with Crippen molar-refractivity contribution in [1.82, 2.24) is 4.90 Å². The van der Waals surface area contributed by atoms with Crippen LogP contribution in [0.15, 0.2) is 6.07 Å². The average Bonchev–Trinajstić information content (AvgIpc) is 2.88. The van der Waals surface area contributed by atoms with Crippen LogP contribution < -0.4 is 0 Å². The van der Waals surface area contributed by atoms with Crippen molar-refractivity contribution in [1.29, 1.82) is 0 Å². The number of hydrogen-bond acceptors (Lipinski definition) is 6. The largest absolute Gasteiger partial charge is 0.469 e. The van der Waals surface area contributed by atoms with Crippen molar-refractivity contribution in [3.63, 3.8) is 0 Å². The van der Waals surface area contributed by atoms with Crippen LogP contribution in [0.2, 0.25) is 4.34 Å². The number of nitro groups is 1. The van der Waals surface area contributed by atoms with Gasteiger partial charge in [0.1, 0.15) is 4.88 Å². The van der Waals surface area contributed by atoms with Crippen LogP contribution in [0.1, 0.15) is 22.5 Å². The van der Waals surface area contributed by atoms with Gasteiger partial charge in [-0.15, -0.1) is 11.3 Å². The van der Waals surface area contributed by atoms with Crippen molar-refractivity contribution in [2.45, 2.75) is 12.8 Å². The zero-order valence-corrected chi connectivity index (χ0v) is 12.8. The van der Waals surface area contributed by atoms with Gasteiger partial charge in [-0.2, -0.15) is 0 Å². The number of carbonyl (C=O) groups is 2. The lowest BCUT2D eigenvalue weighted by molar-refractivity contribution is -0.384. The maximum absolute atomic E-state index is 12.3. The molecule has 0 atom stereocenters. The second-order valence-corrected chi connectivity index (χ2v) is 6.27. The van der Waals surface area contributed by atoms with Crippen LogP contribution in [0.3, 0.4) is 0 Å². The Kier molecular flexibility index (Phi) is 4.79. The lowest BCUT2D eigenvalue weighted by Gasteiger charge is -2.30. The molecule has 0 aliphatic carbocycles. The number of likely N-dealkylation sites (tertiary alicyclic amines) is 1. The summed E-state index contributed by atoms with van der Waals surface area (Å²) in [6.07, 6.45) is 1.05. The van der Waals surface area contributed by atoms with Crippen molar-refractivity contribution in [3.8, 4) is 0 Å². The van der Waals surface area contributed by atoms with Gasteiger partial charge in [0.05, 0.1) is 18.0 Å². The molecule has 9 heteroatoms. The zero-order valence-electron chi connectivity index (χ0n) is 11.2. The fraction of sp³-hybridized carbons (Fsp3) is 0.500. The van der Waals surface area contributed by atoms with Crippen LogP contribution in [0.4, 0.5) is 5.69 Å². The Balaban J connectivity index is 2.04. The van der Waals surface area contributed by atoms with Gasteiger partial charge in [0.15, 0.2) is 4.34 Å². The summed E-state index contributed by atoms with van der Waals surface area (Å²) >= 11 is 6.65. The molecule has 21 heavy (non-hydrogen) atoms. The number of rotatable bonds is 3. The van der Waals surface area contributed by atoms with Crippen LogP contribution in [0.25, 0.3) is 0 Å². The van der Waals surface area contributed by atoms with Crippen LogP contribution in [0.5, 0.6) is 0 Å². The number of thiophene rings is 1. The molecule has 2 heterocycles. The maximum atomic E-state index is 12.3. The Morgan fingerprint density at radius 2 is 2.10 bits per heavy atom. The van der Waals surface area contributed by atoms with Gasteiger partial charge in [-0.1, -0.05) is 11.6 Å². The first-order valence-corrected chi connectivity index (χ1v) is 7.44. The smallest absolute Gasteiger partial charge is 0.308 e. The van der Waals surface area contributed by atoms with Gasteiger partial charge in [-0.3, -0.25) is 19.7 Å². The van der Waals surface area contributed by atoms with Gasteiger partial charge >= 0.3 is 5.97 Å². The summed E-state index contributed by atoms with van der Waals surface area (Å²) in [4.78, 5) is 35.6. The zero-order chi connectivity index (χ0) is 15.6. The van der Waals surface area contributed by atoms with E-state index >= 15 is 0 Å². The van der Waals surface area contributed by atoms with Crippen LogP contribution >= 0.6 is 22.9 Å². The van der Waals surface area contributed by atoms with E-state index in [0.717, 1.165) is 11.3 Å². The Bertz CT molecular complexity index is 580. The quantitative estimate of drug-likeness (QED) is 0.481. The molecular formula is C12H13ClN2O5S. The Morgan fingerprint density at radius 1 is 1.48 bits per heavy atom. The van der Waals surface area contributed by atoms with E-state index < -0.39 is 4.92 Å². The number of halogens is 1. The minimum atomic E-state index is -0.612. The van der Waals surface area contributed by atoms with Gasteiger partial charge in [0, 0.05) is 19.2 Å². The maximum Gasteiger partial charge on any atom is 0.308 e. The molecule has 2 rings (SSSR count). The van der Waals surface area contributed by atoms with Crippen molar-refractivity contribution in [2.24, 2.45) is 5.92 Å². The Hall–Kier alpha value is -1.67. The normalized spacial score (nSPS) is 15.8. The molecule has 1 aliphatic rings. The van der Waals surface area contributed by atoms with Crippen molar-refractivity contribution >= 4 is 40.5 Å². The van der Waals surface area contributed by atoms with E-state index in [1.54, 1.807) is 4.90 Å². The lowest BCUT2D eigenvalue weighted by atomic mass is 9.97. The standard InChI is InChI=1S/C12H13ClN2O5S/c1-20-12(17)7-2-4-14(5-3-7)11(16)9-6-8(15(18)19)10(13)21-9/h6-7H,2-5H2,1H3. The Morgan fingerprint density at radius 3 is 2.57 bits per heavy atom. The molecule has 0 N–H and O–H groups in total. The molecular weight excluding hydrogens is 320 g/mol. The highest BCUT2D eigenvalue weighted by atomic mass is 35.5. The minimum absolute atomic E-state index is 0.00667. The lowest BCUT2D eigenvalue weighted by Crippen LogP contribution is -2.40. The average molecular weight is 333 g/mol. The number of carbonyl (C=O) groups excluding carboxylic acids is 2. The van der Waals surface area contributed by atoms with E-state index in [1.165, 1.54) is 13.2 Å². The second-order valence-electron chi connectivity index (χ2n) is 4.62. The van der Waals surface area contributed by atoms with E-state index in [-0.39, 0.29) is 32.7 Å². The molecule has 1 aromatic rings. The number of esters is 1. The fourth-order valence-corrected chi connectivity index (χ4v) is 3.42. The van der Waals surface area contributed by atoms with Crippen LogP contribution in [-0.4, -0.2) is 41.9 Å². The summed E-state index contributed by atoms with van der Waals surface area (Å²) in [7, 11) is 1.34. The van der Waals surface area contributed by atoms with E-state index in [9.17, 15) is 19.7 Å². The highest BCUT2D eigenvalue weighted by Crippen LogP contribution is 2.34.